The quantitative estimate of drug-likeness (QED) is 0.557. The van der Waals surface area contributed by atoms with Gasteiger partial charge in [-0.1, -0.05) is 30.3 Å². The molecular weight excluding hydrogens is 350 g/mol. The maximum Gasteiger partial charge on any atom is 0.139 e. The fourth-order valence-electron chi connectivity index (χ4n) is 3.25. The summed E-state index contributed by atoms with van der Waals surface area (Å²) in [5.74, 6) is 0.762. The molecule has 0 aliphatic heterocycles. The predicted octanol–water partition coefficient (Wildman–Crippen LogP) is 4.37. The topological polar surface area (TPSA) is 71.2 Å². The lowest BCUT2D eigenvalue weighted by Gasteiger charge is -2.17. The zero-order valence-electron chi connectivity index (χ0n) is 16.2. The van der Waals surface area contributed by atoms with Gasteiger partial charge >= 0.3 is 0 Å². The second kappa shape index (κ2) is 6.86. The summed E-state index contributed by atoms with van der Waals surface area (Å²) in [6.07, 6.45) is 1.22. The van der Waals surface area contributed by atoms with Gasteiger partial charge in [-0.2, -0.15) is 0 Å². The number of hydrogen-bond donors (Lipinski definition) is 2. The molecule has 0 fully saturated rings. The molecule has 28 heavy (non-hydrogen) atoms. The Morgan fingerprint density at radius 3 is 2.54 bits per heavy atom. The molecule has 4 rings (SSSR count). The second-order valence-electron chi connectivity index (χ2n) is 7.56. The van der Waals surface area contributed by atoms with Gasteiger partial charge in [-0.15, -0.1) is 0 Å². The number of aliphatic hydroxyl groups is 2. The maximum atomic E-state index is 10.2. The van der Waals surface area contributed by atoms with Crippen LogP contribution in [-0.2, 0) is 5.60 Å². The molecule has 0 spiro atoms. The summed E-state index contributed by atoms with van der Waals surface area (Å²) in [6.45, 7) is 5.28. The third kappa shape index (κ3) is 3.42. The zero-order valence-corrected chi connectivity index (χ0v) is 16.2. The summed E-state index contributed by atoms with van der Waals surface area (Å²) >= 11 is 0. The molecule has 0 saturated heterocycles. The van der Waals surface area contributed by atoms with Gasteiger partial charge < -0.3 is 10.2 Å². The maximum absolute atomic E-state index is 10.2. The first-order chi connectivity index (χ1) is 13.3. The molecule has 0 radical (unpaired) electrons. The van der Waals surface area contributed by atoms with E-state index in [1.807, 2.05) is 65.2 Å². The van der Waals surface area contributed by atoms with Crippen molar-refractivity contribution in [1.82, 2.24) is 14.5 Å². The smallest absolute Gasteiger partial charge is 0.139 e. The van der Waals surface area contributed by atoms with Gasteiger partial charge in [0.25, 0.3) is 0 Å². The minimum absolute atomic E-state index is 0.523. The number of imidazole rings is 1. The lowest BCUT2D eigenvalue weighted by atomic mass is 9.98. The van der Waals surface area contributed by atoms with E-state index in [2.05, 4.69) is 4.98 Å². The largest absolute Gasteiger partial charge is 0.389 e. The van der Waals surface area contributed by atoms with Crippen LogP contribution < -0.4 is 0 Å². The molecule has 2 N–H and O–H groups in total. The van der Waals surface area contributed by atoms with Crippen molar-refractivity contribution < 1.29 is 10.2 Å². The van der Waals surface area contributed by atoms with Crippen molar-refractivity contribution in [3.05, 3.63) is 78.1 Å². The SMILES string of the molecule is C[C@@H](O)c1cccc(-c2cccc(-n3cnc4cc(C(C)(C)O)ccc43)n2)c1. The van der Waals surface area contributed by atoms with Gasteiger partial charge in [-0.05, 0) is 62.2 Å². The first kappa shape index (κ1) is 18.3. The number of pyridine rings is 1. The Labute approximate surface area is 163 Å². The first-order valence-corrected chi connectivity index (χ1v) is 9.29. The van der Waals surface area contributed by atoms with Crippen molar-refractivity contribution >= 4 is 11.0 Å². The summed E-state index contributed by atoms with van der Waals surface area (Å²) in [7, 11) is 0. The second-order valence-corrected chi connectivity index (χ2v) is 7.56. The molecule has 142 valence electrons. The summed E-state index contributed by atoms with van der Waals surface area (Å²) in [5, 5.41) is 20.1. The summed E-state index contributed by atoms with van der Waals surface area (Å²) in [4.78, 5) is 9.29. The fraction of sp³-hybridized carbons (Fsp3) is 0.217. The predicted molar refractivity (Wildman–Crippen MR) is 110 cm³/mol. The van der Waals surface area contributed by atoms with Gasteiger partial charge in [0.2, 0.25) is 0 Å². The van der Waals surface area contributed by atoms with Crippen LogP contribution in [0.1, 0.15) is 38.0 Å². The number of fused-ring (bicyclic) bond motifs is 1. The van der Waals surface area contributed by atoms with Gasteiger partial charge in [-0.3, -0.25) is 4.57 Å². The van der Waals surface area contributed by atoms with Crippen LogP contribution >= 0.6 is 0 Å². The molecule has 4 aromatic rings. The van der Waals surface area contributed by atoms with Crippen LogP contribution in [0.4, 0.5) is 0 Å². The van der Waals surface area contributed by atoms with Crippen LogP contribution in [0.25, 0.3) is 28.1 Å². The molecule has 1 atom stereocenters. The van der Waals surface area contributed by atoms with Crippen LogP contribution in [0.5, 0.6) is 0 Å². The summed E-state index contributed by atoms with van der Waals surface area (Å²) < 4.78 is 1.94. The van der Waals surface area contributed by atoms with Crippen molar-refractivity contribution in [1.29, 1.82) is 0 Å². The number of rotatable bonds is 4. The van der Waals surface area contributed by atoms with Crippen molar-refractivity contribution in [3.8, 4) is 17.1 Å². The number of nitrogens with zero attached hydrogens (tertiary/aromatic N) is 3. The van der Waals surface area contributed by atoms with E-state index >= 15 is 0 Å². The molecule has 0 saturated carbocycles. The molecule has 5 heteroatoms. The van der Waals surface area contributed by atoms with E-state index in [0.29, 0.717) is 0 Å². The third-order valence-electron chi connectivity index (χ3n) is 4.90. The molecular formula is C23H23N3O2. The van der Waals surface area contributed by atoms with Crippen molar-refractivity contribution in [2.75, 3.05) is 0 Å². The normalized spacial score (nSPS) is 13.0. The van der Waals surface area contributed by atoms with Crippen LogP contribution in [0.15, 0.2) is 67.0 Å². The van der Waals surface area contributed by atoms with Gasteiger partial charge in [0.15, 0.2) is 0 Å². The van der Waals surface area contributed by atoms with E-state index in [9.17, 15) is 10.2 Å². The molecule has 2 aromatic heterocycles. The van der Waals surface area contributed by atoms with Gasteiger partial charge in [-0.25, -0.2) is 9.97 Å². The Morgan fingerprint density at radius 2 is 1.79 bits per heavy atom. The monoisotopic (exact) mass is 373 g/mol. The van der Waals surface area contributed by atoms with E-state index < -0.39 is 11.7 Å². The Kier molecular flexibility index (Phi) is 4.49. The van der Waals surface area contributed by atoms with Crippen molar-refractivity contribution in [2.45, 2.75) is 32.5 Å². The molecule has 0 amide bonds. The van der Waals surface area contributed by atoms with E-state index in [1.165, 1.54) is 0 Å². The Morgan fingerprint density at radius 1 is 1.00 bits per heavy atom. The fourth-order valence-corrected chi connectivity index (χ4v) is 3.25. The van der Waals surface area contributed by atoms with Crippen LogP contribution in [0, 0.1) is 0 Å². The van der Waals surface area contributed by atoms with E-state index in [1.54, 1.807) is 27.1 Å². The average molecular weight is 373 g/mol. The Hall–Kier alpha value is -3.02. The Bertz CT molecular complexity index is 1140. The third-order valence-corrected chi connectivity index (χ3v) is 4.90. The van der Waals surface area contributed by atoms with Crippen molar-refractivity contribution in [2.24, 2.45) is 0 Å². The Balaban J connectivity index is 1.77. The van der Waals surface area contributed by atoms with Gasteiger partial charge in [0, 0.05) is 5.56 Å². The molecule has 0 unspecified atom stereocenters. The zero-order chi connectivity index (χ0) is 19.9. The summed E-state index contributed by atoms with van der Waals surface area (Å²) in [6, 6.07) is 19.4. The number of hydrogen-bond acceptors (Lipinski definition) is 4. The number of aromatic nitrogens is 3. The average Bonchev–Trinajstić information content (AvgIpc) is 3.11. The lowest BCUT2D eigenvalue weighted by molar-refractivity contribution is 0.0787. The molecule has 2 aromatic carbocycles. The number of aliphatic hydroxyl groups excluding tert-OH is 1. The molecule has 0 aliphatic carbocycles. The van der Waals surface area contributed by atoms with Crippen molar-refractivity contribution in [3.63, 3.8) is 0 Å². The van der Waals surface area contributed by atoms with Crippen LogP contribution in [0.3, 0.4) is 0 Å². The summed E-state index contributed by atoms with van der Waals surface area (Å²) in [5.41, 5.74) is 4.28. The van der Waals surface area contributed by atoms with E-state index in [-0.39, 0.29) is 0 Å². The van der Waals surface area contributed by atoms with Crippen LogP contribution in [-0.4, -0.2) is 24.7 Å². The number of benzene rings is 2. The minimum atomic E-state index is -0.912. The highest BCUT2D eigenvalue weighted by atomic mass is 16.3. The van der Waals surface area contributed by atoms with Gasteiger partial charge in [0.1, 0.15) is 12.1 Å². The first-order valence-electron chi connectivity index (χ1n) is 9.29. The highest BCUT2D eigenvalue weighted by Crippen LogP contribution is 2.26. The standard InChI is InChI=1S/C23H23N3O2/c1-15(27)16-6-4-7-17(12-16)19-8-5-9-22(25-19)26-14-24-20-13-18(23(2,3)28)10-11-21(20)26/h4-15,27-28H,1-3H3/t15-/m1/s1. The minimum Gasteiger partial charge on any atom is -0.389 e. The lowest BCUT2D eigenvalue weighted by Crippen LogP contribution is -2.15. The molecule has 0 bridgehead atoms. The molecule has 2 heterocycles. The van der Waals surface area contributed by atoms with E-state index in [4.69, 9.17) is 4.98 Å². The highest BCUT2D eigenvalue weighted by Gasteiger charge is 2.17. The van der Waals surface area contributed by atoms with Gasteiger partial charge in [0.05, 0.1) is 28.4 Å². The molecule has 0 aliphatic rings. The van der Waals surface area contributed by atoms with E-state index in [0.717, 1.165) is 39.2 Å². The molecule has 5 nitrogen and oxygen atoms in total. The van der Waals surface area contributed by atoms with Crippen LogP contribution in [0.2, 0.25) is 0 Å². The highest BCUT2D eigenvalue weighted by molar-refractivity contribution is 5.78.